The minimum atomic E-state index is -4.94. The van der Waals surface area contributed by atoms with Gasteiger partial charge in [0.15, 0.2) is 11.6 Å². The van der Waals surface area contributed by atoms with E-state index in [0.29, 0.717) is 40.3 Å². The monoisotopic (exact) mass is 1270 g/mol. The van der Waals surface area contributed by atoms with Gasteiger partial charge in [0.2, 0.25) is 0 Å². The Morgan fingerprint density at radius 2 is 0.807 bits per heavy atom. The predicted octanol–water partition coefficient (Wildman–Crippen LogP) is 15.7. The molecule has 0 saturated heterocycles. The highest BCUT2D eigenvalue weighted by molar-refractivity contribution is 7.99. The second-order valence-corrected chi connectivity index (χ2v) is 24.9. The van der Waals surface area contributed by atoms with Crippen LogP contribution in [0.5, 0.6) is 40.2 Å². The van der Waals surface area contributed by atoms with Gasteiger partial charge in [0.1, 0.15) is 50.0 Å². The summed E-state index contributed by atoms with van der Waals surface area (Å²) in [7, 11) is -8.28. The van der Waals surface area contributed by atoms with E-state index in [1.165, 1.54) is 66.4 Å². The van der Waals surface area contributed by atoms with Gasteiger partial charge in [0, 0.05) is 36.9 Å². The number of carbonyl (C=O) groups excluding carboxylic acids is 2. The lowest BCUT2D eigenvalue weighted by molar-refractivity contribution is -0.432. The maximum atomic E-state index is 14.1. The molecular weight excluding hydrogens is 1230 g/mol. The van der Waals surface area contributed by atoms with E-state index in [1.54, 1.807) is 68.6 Å². The molecule has 444 valence electrons. The largest absolute Gasteiger partial charge is 0.497 e. The SMILES string of the molecule is COc1ccc(Sc2ccc(Oc3ccc(C(=O)c4ccc(Oc5ccc(C6(c7ccc(Oc8ccc(C(=O)c9ccc(C)c(SOOO)c9)cc8S(=O)(=O)O)cc7)c7ccccc7-c7ccccc76)cc5)c(SOOO)c4)cc3S(=O)(=O)O)cc2)cc1. The summed E-state index contributed by atoms with van der Waals surface area (Å²) in [5.74, 6) is 0.0288. The molecule has 0 fully saturated rings. The standard InChI is InChI=1S/C65H46O18S5/c1-39-11-12-40(35-59(39)85-82-80-68)63(66)42-14-33-57(61(37-42)87(70,71)72)78-48-22-18-45(19-23-48)65(54-9-5-3-7-52(54)53-8-4-6-10-55(53)65)44-16-20-47(21-17-44)77-56-32-13-41(36-60(56)86-83-81-69)64(67)43-15-34-58(62(38-43)88(73,74)75)79-49-26-30-51(31-27-49)84-50-28-24-46(76-2)25-29-50/h3-38,68-69H,1-2H3,(H,70,71,72)(H,73,74,75). The average molecular weight is 1280 g/mol. The van der Waals surface area contributed by atoms with Crippen molar-refractivity contribution in [2.75, 3.05) is 7.11 Å². The molecule has 10 aromatic carbocycles. The molecule has 0 bridgehead atoms. The van der Waals surface area contributed by atoms with Gasteiger partial charge in [0.25, 0.3) is 20.2 Å². The molecule has 11 rings (SSSR count). The van der Waals surface area contributed by atoms with Gasteiger partial charge in [-0.15, -0.1) is 8.67 Å². The van der Waals surface area contributed by atoms with Crippen molar-refractivity contribution in [3.8, 4) is 51.4 Å². The molecule has 0 spiro atoms. The van der Waals surface area contributed by atoms with Gasteiger partial charge in [-0.1, -0.05) is 107 Å². The first-order valence-electron chi connectivity index (χ1n) is 26.2. The maximum Gasteiger partial charge on any atom is 0.298 e. The van der Waals surface area contributed by atoms with Crippen molar-refractivity contribution in [2.24, 2.45) is 0 Å². The second kappa shape index (κ2) is 26.0. The van der Waals surface area contributed by atoms with Crippen LogP contribution >= 0.6 is 35.8 Å². The molecule has 0 heterocycles. The normalized spacial score (nSPS) is 12.4. The van der Waals surface area contributed by atoms with Crippen molar-refractivity contribution in [3.63, 3.8) is 0 Å². The summed E-state index contributed by atoms with van der Waals surface area (Å²) in [4.78, 5) is 28.9. The summed E-state index contributed by atoms with van der Waals surface area (Å²) in [5, 5.41) is 25.4. The third-order valence-corrected chi connectivity index (χ3v) is 18.4. The summed E-state index contributed by atoms with van der Waals surface area (Å²) in [6.07, 6.45) is 0. The van der Waals surface area contributed by atoms with Crippen LogP contribution in [0.1, 0.15) is 59.7 Å². The summed E-state index contributed by atoms with van der Waals surface area (Å²) in [6, 6.07) is 61.0. The number of carbonyl (C=O) groups is 2. The van der Waals surface area contributed by atoms with Gasteiger partial charge in [-0.2, -0.15) is 16.8 Å². The second-order valence-electron chi connectivity index (χ2n) is 19.5. The lowest BCUT2D eigenvalue weighted by Crippen LogP contribution is -2.28. The molecule has 1 aliphatic rings. The molecule has 0 amide bonds. The summed E-state index contributed by atoms with van der Waals surface area (Å²) in [6.45, 7) is 1.75. The zero-order valence-electron chi connectivity index (χ0n) is 45.8. The van der Waals surface area contributed by atoms with E-state index >= 15 is 0 Å². The van der Waals surface area contributed by atoms with Gasteiger partial charge in [-0.05, 0) is 179 Å². The number of hydrogen-bond acceptors (Lipinski definition) is 19. The smallest absolute Gasteiger partial charge is 0.298 e. The van der Waals surface area contributed by atoms with Crippen LogP contribution in [0.4, 0.5) is 0 Å². The molecule has 0 radical (unpaired) electrons. The van der Waals surface area contributed by atoms with Gasteiger partial charge >= 0.3 is 0 Å². The molecule has 1 aliphatic carbocycles. The van der Waals surface area contributed by atoms with Crippen LogP contribution in [0.3, 0.4) is 0 Å². The van der Waals surface area contributed by atoms with Crippen molar-refractivity contribution in [3.05, 3.63) is 268 Å². The Morgan fingerprint density at radius 1 is 0.432 bits per heavy atom. The van der Waals surface area contributed by atoms with E-state index in [9.17, 15) is 40.8 Å². The first-order valence-corrected chi connectivity index (χ1v) is 31.4. The van der Waals surface area contributed by atoms with Crippen LogP contribution in [0.25, 0.3) is 11.1 Å². The maximum absolute atomic E-state index is 14.1. The minimum absolute atomic E-state index is 0.0450. The lowest BCUT2D eigenvalue weighted by Gasteiger charge is -2.34. The molecule has 4 N–H and O–H groups in total. The minimum Gasteiger partial charge on any atom is -0.497 e. The van der Waals surface area contributed by atoms with E-state index in [0.717, 1.165) is 61.1 Å². The van der Waals surface area contributed by atoms with E-state index in [1.807, 2.05) is 97.1 Å². The Morgan fingerprint density at radius 3 is 1.25 bits per heavy atom. The Labute approximate surface area is 516 Å². The lowest BCUT2D eigenvalue weighted by atomic mass is 9.68. The number of aryl methyl sites for hydroxylation is 1. The predicted molar refractivity (Wildman–Crippen MR) is 326 cm³/mol. The number of methoxy groups -OCH3 is 1. The molecule has 23 heteroatoms. The number of ether oxygens (including phenoxy) is 4. The molecule has 0 unspecified atom stereocenters. The zero-order chi connectivity index (χ0) is 61.7. The Bertz CT molecular complexity index is 4460. The highest BCUT2D eigenvalue weighted by Crippen LogP contribution is 2.56. The number of rotatable bonds is 23. The molecule has 10 aromatic rings. The molecule has 88 heavy (non-hydrogen) atoms. The fourth-order valence-corrected chi connectivity index (χ4v) is 13.3. The average Bonchev–Trinajstić information content (AvgIpc) is 1.57. The number of benzene rings is 10. The van der Waals surface area contributed by atoms with Gasteiger partial charge in [-0.3, -0.25) is 18.7 Å². The number of hydrogen-bond donors (Lipinski definition) is 4. The third-order valence-electron chi connectivity index (χ3n) is 14.3. The van der Waals surface area contributed by atoms with Crippen molar-refractivity contribution in [1.82, 2.24) is 0 Å². The van der Waals surface area contributed by atoms with E-state index in [4.69, 9.17) is 28.5 Å². The fourth-order valence-electron chi connectivity index (χ4n) is 10.2. The molecular formula is C65H46O18S5. The quantitative estimate of drug-likeness (QED) is 0.0153. The molecule has 0 saturated carbocycles. The molecule has 0 aliphatic heterocycles. The molecule has 0 atom stereocenters. The number of ketones is 2. The Kier molecular flexibility index (Phi) is 18.0. The van der Waals surface area contributed by atoms with E-state index in [2.05, 4.69) is 14.4 Å². The molecule has 0 aromatic heterocycles. The van der Waals surface area contributed by atoms with Crippen LogP contribution in [0.15, 0.2) is 248 Å². The van der Waals surface area contributed by atoms with Crippen molar-refractivity contribution >= 4 is 67.7 Å². The van der Waals surface area contributed by atoms with Gasteiger partial charge in [0.05, 0.1) is 41.5 Å². The first kappa shape index (κ1) is 61.0. The van der Waals surface area contributed by atoms with Crippen LogP contribution in [0, 0.1) is 6.92 Å². The summed E-state index contributed by atoms with van der Waals surface area (Å²) in [5.41, 5.74) is 5.30. The van der Waals surface area contributed by atoms with Crippen molar-refractivity contribution < 1.29 is 83.7 Å². The van der Waals surface area contributed by atoms with E-state index < -0.39 is 47.0 Å². The third kappa shape index (κ3) is 12.9. The number of fused-ring (bicyclic) bond motifs is 3. The highest BCUT2D eigenvalue weighted by atomic mass is 32.2. The van der Waals surface area contributed by atoms with Crippen LogP contribution in [0.2, 0.25) is 0 Å². The van der Waals surface area contributed by atoms with Crippen molar-refractivity contribution in [1.29, 1.82) is 0 Å². The van der Waals surface area contributed by atoms with E-state index in [-0.39, 0.29) is 55.9 Å². The fraction of sp³-hybridized carbons (Fsp3) is 0.0462. The van der Waals surface area contributed by atoms with Crippen molar-refractivity contribution in [2.45, 2.75) is 41.7 Å². The van der Waals surface area contributed by atoms with Crippen LogP contribution < -0.4 is 18.9 Å². The Balaban J connectivity index is 0.854. The molecule has 18 nitrogen and oxygen atoms in total. The zero-order valence-corrected chi connectivity index (χ0v) is 49.9. The first-order chi connectivity index (χ1) is 42.4. The Hall–Kier alpha value is -8.63. The highest BCUT2D eigenvalue weighted by Gasteiger charge is 2.46. The van der Waals surface area contributed by atoms with Gasteiger partial charge < -0.3 is 18.9 Å². The topological polar surface area (TPSA) is 257 Å². The summed E-state index contributed by atoms with van der Waals surface area (Å²) < 4.78 is 105. The van der Waals surface area contributed by atoms with Gasteiger partial charge in [-0.25, -0.2) is 10.5 Å². The van der Waals surface area contributed by atoms with Crippen LogP contribution in [-0.4, -0.2) is 55.1 Å². The summed E-state index contributed by atoms with van der Waals surface area (Å²) >= 11 is 2.68. The van der Waals surface area contributed by atoms with Crippen LogP contribution in [-0.2, 0) is 44.4 Å².